The second-order valence-corrected chi connectivity index (χ2v) is 14.0. The number of ketones is 1. The van der Waals surface area contributed by atoms with E-state index in [1.807, 2.05) is 29.9 Å². The molecule has 0 aliphatic carbocycles. The Labute approximate surface area is 306 Å². The van der Waals surface area contributed by atoms with Gasteiger partial charge in [0.15, 0.2) is 17.0 Å². The number of carboxylic acid groups (broad SMARTS) is 1. The number of nitrogens with zero attached hydrogens (tertiary/aromatic N) is 8. The smallest absolute Gasteiger partial charge is 0.326 e. The molecule has 1 atom stereocenters. The minimum Gasteiger partial charge on any atom is -0.480 e. The maximum atomic E-state index is 12.9. The Hall–Kier alpha value is -4.94. The lowest BCUT2D eigenvalue weighted by atomic mass is 10.1. The number of benzene rings is 1. The van der Waals surface area contributed by atoms with Crippen LogP contribution in [0.25, 0.3) is 11.2 Å². The predicted molar refractivity (Wildman–Crippen MR) is 198 cm³/mol. The number of nitrogen functional groups attached to an aromatic ring is 2. The number of aliphatic carboxylic acids is 1. The van der Waals surface area contributed by atoms with Gasteiger partial charge in [0.25, 0.3) is 5.91 Å². The Morgan fingerprint density at radius 2 is 1.77 bits per heavy atom. The molecule has 0 bridgehead atoms. The van der Waals surface area contributed by atoms with Crippen LogP contribution >= 0.6 is 11.8 Å². The number of hydrogen-bond donors (Lipinski definition) is 4. The summed E-state index contributed by atoms with van der Waals surface area (Å²) >= 11 is 1.87. The van der Waals surface area contributed by atoms with E-state index in [9.17, 15) is 19.5 Å². The summed E-state index contributed by atoms with van der Waals surface area (Å²) < 4.78 is 13.0. The van der Waals surface area contributed by atoms with E-state index in [4.69, 9.17) is 20.9 Å². The van der Waals surface area contributed by atoms with Crippen LogP contribution in [0.1, 0.15) is 61.3 Å². The topological polar surface area (TPSA) is 239 Å². The molecule has 17 nitrogen and oxygen atoms in total. The Balaban J connectivity index is 1.11. The third-order valence-electron chi connectivity index (χ3n) is 7.76. The second-order valence-electron chi connectivity index (χ2n) is 12.3. The number of rotatable bonds is 23. The molecule has 1 aromatic carbocycles. The summed E-state index contributed by atoms with van der Waals surface area (Å²) in [6.07, 6.45) is 4.90. The van der Waals surface area contributed by atoms with Crippen LogP contribution in [0.3, 0.4) is 0 Å². The van der Waals surface area contributed by atoms with Crippen molar-refractivity contribution in [2.24, 2.45) is 0 Å². The van der Waals surface area contributed by atoms with Crippen molar-refractivity contribution in [1.82, 2.24) is 40.2 Å². The number of nitrogens with two attached hydrogens (primary N) is 2. The maximum absolute atomic E-state index is 12.9. The number of fused-ring (bicyclic) bond motifs is 1. The van der Waals surface area contributed by atoms with E-state index in [1.54, 1.807) is 35.1 Å². The van der Waals surface area contributed by atoms with Gasteiger partial charge in [-0.2, -0.15) is 21.7 Å². The number of aromatic nitrogens is 7. The lowest BCUT2D eigenvalue weighted by Crippen LogP contribution is -2.41. The largest absolute Gasteiger partial charge is 0.480 e. The molecule has 4 rings (SSSR count). The highest BCUT2D eigenvalue weighted by molar-refractivity contribution is 7.99. The highest BCUT2D eigenvalue weighted by atomic mass is 32.2. The standard InChI is InChI=1S/C34H47N11O6S/c1-22(2)52-18-17-51-15-12-24-21-45(43-42-24)13-16-50-14-4-5-27(46)10-11-28(33(48)49)39-32(47)23-6-8-26(9-7-23)44(3)20-25-19-37-31-29(38-25)30(35)40-34(36)41-31/h6-9,19,21-22,28H,4-5,10-18,20H2,1-3H3,(H,39,47)(H,48,49)(H4,35,36,37,40,41). The van der Waals surface area contributed by atoms with E-state index in [1.165, 1.54) is 0 Å². The minimum atomic E-state index is -1.21. The van der Waals surface area contributed by atoms with E-state index in [-0.39, 0.29) is 42.4 Å². The van der Waals surface area contributed by atoms with Crippen LogP contribution in [0.4, 0.5) is 17.5 Å². The summed E-state index contributed by atoms with van der Waals surface area (Å²) in [5.74, 6) is -0.736. The van der Waals surface area contributed by atoms with Crippen LogP contribution in [-0.2, 0) is 38.6 Å². The van der Waals surface area contributed by atoms with E-state index < -0.39 is 17.9 Å². The van der Waals surface area contributed by atoms with Crippen molar-refractivity contribution in [2.45, 2.75) is 70.3 Å². The van der Waals surface area contributed by atoms with Crippen LogP contribution in [-0.4, -0.2) is 108 Å². The molecule has 3 heterocycles. The fraction of sp³-hybridized carbons (Fsp3) is 0.500. The van der Waals surface area contributed by atoms with Crippen LogP contribution in [0, 0.1) is 0 Å². The molecule has 3 aromatic heterocycles. The molecule has 6 N–H and O–H groups in total. The lowest BCUT2D eigenvalue weighted by molar-refractivity contribution is -0.139. The summed E-state index contributed by atoms with van der Waals surface area (Å²) in [6, 6.07) is 5.45. The fourth-order valence-corrected chi connectivity index (χ4v) is 5.69. The molecule has 1 amide bonds. The van der Waals surface area contributed by atoms with Gasteiger partial charge in [-0.25, -0.2) is 19.4 Å². The number of Topliss-reactive ketones (excluding diaryl/α,β-unsaturated/α-hetero) is 1. The lowest BCUT2D eigenvalue weighted by Gasteiger charge is -2.19. The minimum absolute atomic E-state index is 0.0173. The van der Waals surface area contributed by atoms with Gasteiger partial charge >= 0.3 is 5.97 Å². The molecule has 0 saturated carbocycles. The van der Waals surface area contributed by atoms with E-state index >= 15 is 0 Å². The van der Waals surface area contributed by atoms with Crippen LogP contribution in [0.15, 0.2) is 36.7 Å². The van der Waals surface area contributed by atoms with Crippen molar-refractivity contribution in [1.29, 1.82) is 0 Å². The zero-order chi connectivity index (χ0) is 37.5. The molecule has 0 radical (unpaired) electrons. The van der Waals surface area contributed by atoms with Gasteiger partial charge in [-0.15, -0.1) is 5.10 Å². The van der Waals surface area contributed by atoms with Crippen molar-refractivity contribution in [2.75, 3.05) is 55.6 Å². The van der Waals surface area contributed by atoms with Gasteiger partial charge in [0.2, 0.25) is 5.95 Å². The first-order chi connectivity index (χ1) is 25.0. The normalized spacial score (nSPS) is 11.9. The molecule has 1 unspecified atom stereocenters. The van der Waals surface area contributed by atoms with Crippen molar-refractivity contribution in [3.63, 3.8) is 0 Å². The van der Waals surface area contributed by atoms with Gasteiger partial charge in [-0.1, -0.05) is 19.1 Å². The van der Waals surface area contributed by atoms with E-state index in [0.717, 1.165) is 23.7 Å². The molecule has 0 saturated heterocycles. The van der Waals surface area contributed by atoms with Gasteiger partial charge in [-0.3, -0.25) is 9.59 Å². The van der Waals surface area contributed by atoms with Gasteiger partial charge in [0.1, 0.15) is 11.8 Å². The van der Waals surface area contributed by atoms with E-state index in [2.05, 4.69) is 49.4 Å². The molecule has 0 spiro atoms. The number of thioether (sulfide) groups is 1. The number of nitrogens with one attached hydrogen (secondary N) is 1. The molecule has 0 aliphatic rings. The Morgan fingerprint density at radius 1 is 1.00 bits per heavy atom. The van der Waals surface area contributed by atoms with Crippen molar-refractivity contribution < 1.29 is 29.0 Å². The zero-order valence-electron chi connectivity index (χ0n) is 29.7. The van der Waals surface area contributed by atoms with Gasteiger partial charge in [0, 0.05) is 56.1 Å². The molecule has 0 fully saturated rings. The van der Waals surface area contributed by atoms with Crippen LogP contribution < -0.4 is 21.7 Å². The van der Waals surface area contributed by atoms with Crippen molar-refractivity contribution in [3.8, 4) is 0 Å². The zero-order valence-corrected chi connectivity index (χ0v) is 30.5. The predicted octanol–water partition coefficient (Wildman–Crippen LogP) is 2.54. The number of ether oxygens (including phenoxy) is 2. The van der Waals surface area contributed by atoms with Gasteiger partial charge in [-0.05, 0) is 42.4 Å². The second kappa shape index (κ2) is 20.2. The third kappa shape index (κ3) is 13.0. The molecular formula is C34H47N11O6S. The average molecular weight is 738 g/mol. The summed E-state index contributed by atoms with van der Waals surface area (Å²) in [6.45, 7) is 7.37. The first-order valence-electron chi connectivity index (χ1n) is 17.1. The quantitative estimate of drug-likeness (QED) is 0.0800. The molecular weight excluding hydrogens is 691 g/mol. The van der Waals surface area contributed by atoms with E-state index in [0.29, 0.717) is 67.9 Å². The first-order valence-corrected chi connectivity index (χ1v) is 18.1. The summed E-state index contributed by atoms with van der Waals surface area (Å²) in [4.78, 5) is 55.8. The number of carbonyl (C=O) groups is 3. The van der Waals surface area contributed by atoms with Gasteiger partial charge < -0.3 is 36.3 Å². The molecule has 52 heavy (non-hydrogen) atoms. The number of hydrogen-bond acceptors (Lipinski definition) is 15. The number of carboxylic acids is 1. The summed E-state index contributed by atoms with van der Waals surface area (Å²) in [7, 11) is 1.84. The van der Waals surface area contributed by atoms with Crippen LogP contribution in [0.2, 0.25) is 0 Å². The molecule has 0 aliphatic heterocycles. The highest BCUT2D eigenvalue weighted by Crippen LogP contribution is 2.19. The number of carbonyl (C=O) groups excluding carboxylic acids is 2. The third-order valence-corrected chi connectivity index (χ3v) is 8.83. The summed E-state index contributed by atoms with van der Waals surface area (Å²) in [5, 5.41) is 21.1. The molecule has 4 aromatic rings. The Kier molecular flexibility index (Phi) is 15.5. The van der Waals surface area contributed by atoms with Crippen molar-refractivity contribution >= 4 is 58.0 Å². The highest BCUT2D eigenvalue weighted by Gasteiger charge is 2.22. The molecule has 280 valence electrons. The SMILES string of the molecule is CC(C)SCCOCCc1cn(CCOCCCC(=O)CCC(NC(=O)c2ccc(N(C)Cc3cnc4nc(N)nc(N)c4n3)cc2)C(=O)O)nn1. The molecule has 18 heteroatoms. The van der Waals surface area contributed by atoms with Crippen LogP contribution in [0.5, 0.6) is 0 Å². The maximum Gasteiger partial charge on any atom is 0.326 e. The monoisotopic (exact) mass is 737 g/mol. The van der Waals surface area contributed by atoms with Gasteiger partial charge in [0.05, 0.1) is 50.5 Å². The summed E-state index contributed by atoms with van der Waals surface area (Å²) in [5.41, 5.74) is 14.7. The van der Waals surface area contributed by atoms with Crippen molar-refractivity contribution in [3.05, 3.63) is 53.6 Å². The first kappa shape index (κ1) is 39.8. The fourth-order valence-electron chi connectivity index (χ4n) is 5.01. The Morgan fingerprint density at radius 3 is 2.52 bits per heavy atom. The number of amides is 1. The average Bonchev–Trinajstić information content (AvgIpc) is 3.57. The number of anilines is 3. The Bertz CT molecular complexity index is 1770.